The van der Waals surface area contributed by atoms with Gasteiger partial charge in [0.2, 0.25) is 0 Å². The Labute approximate surface area is 143 Å². The Morgan fingerprint density at radius 2 is 2.04 bits per heavy atom. The number of nitrogens with zero attached hydrogens (tertiary/aromatic N) is 4. The third-order valence-corrected chi connectivity index (χ3v) is 4.79. The molecule has 1 N–H and O–H groups in total. The molecule has 0 radical (unpaired) electrons. The van der Waals surface area contributed by atoms with Gasteiger partial charge in [-0.25, -0.2) is 4.79 Å². The topological polar surface area (TPSA) is 113 Å². The average molecular weight is 341 g/mol. The van der Waals surface area contributed by atoms with Crippen LogP contribution < -0.4 is 11.2 Å². The highest BCUT2D eigenvalue weighted by Crippen LogP contribution is 2.53. The maximum absolute atomic E-state index is 12.2. The summed E-state index contributed by atoms with van der Waals surface area (Å²) in [7, 11) is 0. The molecule has 0 unspecified atom stereocenters. The highest BCUT2D eigenvalue weighted by Gasteiger charge is 2.53. The molecule has 25 heavy (non-hydrogen) atoms. The molecule has 0 spiro atoms. The average Bonchev–Trinajstić information content (AvgIpc) is 2.89. The van der Waals surface area contributed by atoms with Crippen LogP contribution in [0.25, 0.3) is 10.4 Å². The van der Waals surface area contributed by atoms with E-state index in [1.807, 2.05) is 44.2 Å². The first-order chi connectivity index (χ1) is 12.0. The fraction of sp³-hybridized carbons (Fsp3) is 0.412. The predicted molar refractivity (Wildman–Crippen MR) is 92.0 cm³/mol. The van der Waals surface area contributed by atoms with Gasteiger partial charge in [-0.05, 0) is 17.5 Å². The molecule has 2 aromatic rings. The van der Waals surface area contributed by atoms with Gasteiger partial charge in [-0.2, -0.15) is 0 Å². The fourth-order valence-corrected chi connectivity index (χ4v) is 3.66. The summed E-state index contributed by atoms with van der Waals surface area (Å²) < 4.78 is 7.48. The largest absolute Gasteiger partial charge is 0.344 e. The summed E-state index contributed by atoms with van der Waals surface area (Å²) in [6, 6.07) is 10.9. The monoisotopic (exact) mass is 341 g/mol. The van der Waals surface area contributed by atoms with E-state index in [0.717, 1.165) is 5.56 Å². The van der Waals surface area contributed by atoms with Crippen molar-refractivity contribution in [2.45, 2.75) is 38.1 Å². The molecule has 1 aromatic heterocycles. The first-order valence-electron chi connectivity index (χ1n) is 8.13. The molecule has 1 aliphatic rings. The summed E-state index contributed by atoms with van der Waals surface area (Å²) in [5.74, 6) is -0.380. The van der Waals surface area contributed by atoms with Crippen LogP contribution in [0.2, 0.25) is 0 Å². The lowest BCUT2D eigenvalue weighted by Crippen LogP contribution is -2.34. The summed E-state index contributed by atoms with van der Waals surface area (Å²) in [6.07, 6.45) is 1.21. The summed E-state index contributed by atoms with van der Waals surface area (Å²) in [4.78, 5) is 28.8. The van der Waals surface area contributed by atoms with Crippen LogP contribution in [-0.2, 0) is 4.74 Å². The smallest absolute Gasteiger partial charge is 0.330 e. The van der Waals surface area contributed by atoms with E-state index in [9.17, 15) is 9.59 Å². The zero-order chi connectivity index (χ0) is 18.0. The van der Waals surface area contributed by atoms with Gasteiger partial charge in [-0.15, -0.1) is 0 Å². The van der Waals surface area contributed by atoms with Crippen molar-refractivity contribution in [2.24, 2.45) is 11.0 Å². The van der Waals surface area contributed by atoms with Gasteiger partial charge in [0, 0.05) is 29.0 Å². The van der Waals surface area contributed by atoms with Gasteiger partial charge in [0.1, 0.15) is 6.23 Å². The molecule has 1 saturated heterocycles. The van der Waals surface area contributed by atoms with Gasteiger partial charge < -0.3 is 4.74 Å². The minimum absolute atomic E-state index is 0.156. The first-order valence-corrected chi connectivity index (χ1v) is 8.13. The maximum Gasteiger partial charge on any atom is 0.330 e. The quantitative estimate of drug-likeness (QED) is 0.524. The van der Waals surface area contributed by atoms with Crippen LogP contribution in [0.1, 0.15) is 38.0 Å². The Hall–Kier alpha value is -2.83. The number of ether oxygens (including phenoxy) is 1. The highest BCUT2D eigenvalue weighted by molar-refractivity contribution is 5.26. The summed E-state index contributed by atoms with van der Waals surface area (Å²) >= 11 is 0. The molecule has 1 aromatic carbocycles. The second-order valence-corrected chi connectivity index (χ2v) is 6.16. The van der Waals surface area contributed by atoms with Crippen LogP contribution in [-0.4, -0.2) is 15.3 Å². The zero-order valence-electron chi connectivity index (χ0n) is 14.0. The molecule has 0 aliphatic carbocycles. The van der Waals surface area contributed by atoms with Crippen LogP contribution in [0.5, 0.6) is 0 Å². The minimum Gasteiger partial charge on any atom is -0.344 e. The van der Waals surface area contributed by atoms with Crippen LogP contribution >= 0.6 is 0 Å². The van der Waals surface area contributed by atoms with Gasteiger partial charge >= 0.3 is 5.69 Å². The van der Waals surface area contributed by atoms with E-state index in [4.69, 9.17) is 10.3 Å². The number of benzene rings is 1. The molecular formula is C17H19N5O3. The van der Waals surface area contributed by atoms with Crippen LogP contribution in [0.3, 0.4) is 0 Å². The molecular weight excluding hydrogens is 322 g/mol. The molecule has 2 heterocycles. The Morgan fingerprint density at radius 3 is 2.64 bits per heavy atom. The summed E-state index contributed by atoms with van der Waals surface area (Å²) in [6.45, 7) is 3.83. The van der Waals surface area contributed by atoms with Gasteiger partial charge in [0.05, 0.1) is 0 Å². The Kier molecular flexibility index (Phi) is 4.48. The van der Waals surface area contributed by atoms with Crippen LogP contribution in [0.4, 0.5) is 0 Å². The predicted octanol–water partition coefficient (Wildman–Crippen LogP) is 2.90. The van der Waals surface area contributed by atoms with E-state index in [1.54, 1.807) is 0 Å². The van der Waals surface area contributed by atoms with E-state index >= 15 is 0 Å². The Bertz CT molecular complexity index is 916. The molecule has 0 saturated carbocycles. The SMILES string of the molecule is CC[C@@]1(N=[N+]=[N-])O[C@@H](n2ccc(=O)[nH]c2=O)[C@@H](C)[C@@H]1c1ccccc1. The van der Waals surface area contributed by atoms with Crippen molar-refractivity contribution < 1.29 is 4.74 Å². The van der Waals surface area contributed by atoms with E-state index in [-0.39, 0.29) is 11.8 Å². The van der Waals surface area contributed by atoms with Gasteiger partial charge in [-0.1, -0.05) is 49.3 Å². The van der Waals surface area contributed by atoms with E-state index in [0.29, 0.717) is 6.42 Å². The van der Waals surface area contributed by atoms with Crippen molar-refractivity contribution >= 4 is 0 Å². The fourth-order valence-electron chi connectivity index (χ4n) is 3.66. The number of H-pyrrole nitrogens is 1. The number of aromatic amines is 1. The Morgan fingerprint density at radius 1 is 1.32 bits per heavy atom. The molecule has 3 rings (SSSR count). The molecule has 8 heteroatoms. The molecule has 0 amide bonds. The van der Waals surface area contributed by atoms with Gasteiger partial charge in [0.25, 0.3) is 5.56 Å². The van der Waals surface area contributed by atoms with Crippen molar-refractivity contribution in [3.8, 4) is 0 Å². The van der Waals surface area contributed by atoms with E-state index < -0.39 is 23.2 Å². The van der Waals surface area contributed by atoms with Gasteiger partial charge in [-0.3, -0.25) is 14.3 Å². The lowest BCUT2D eigenvalue weighted by Gasteiger charge is -2.29. The van der Waals surface area contributed by atoms with Crippen LogP contribution in [0, 0.1) is 5.92 Å². The number of aromatic nitrogens is 2. The zero-order valence-corrected chi connectivity index (χ0v) is 14.0. The number of rotatable bonds is 4. The number of hydrogen-bond donors (Lipinski definition) is 1. The molecule has 1 aliphatic heterocycles. The number of nitrogens with one attached hydrogen (secondary N) is 1. The van der Waals surface area contributed by atoms with Gasteiger partial charge in [0.15, 0.2) is 5.72 Å². The number of hydrogen-bond acceptors (Lipinski definition) is 4. The van der Waals surface area contributed by atoms with Crippen molar-refractivity contribution in [1.29, 1.82) is 0 Å². The third kappa shape index (κ3) is 2.86. The Balaban J connectivity index is 2.14. The molecule has 0 bridgehead atoms. The lowest BCUT2D eigenvalue weighted by molar-refractivity contribution is -0.0812. The molecule has 130 valence electrons. The molecule has 8 nitrogen and oxygen atoms in total. The second kappa shape index (κ2) is 6.58. The van der Waals surface area contributed by atoms with Crippen molar-refractivity contribution in [1.82, 2.24) is 9.55 Å². The molecule has 4 atom stereocenters. The normalized spacial score (nSPS) is 28.5. The van der Waals surface area contributed by atoms with Crippen molar-refractivity contribution in [3.05, 3.63) is 79.4 Å². The van der Waals surface area contributed by atoms with Crippen molar-refractivity contribution in [3.63, 3.8) is 0 Å². The second-order valence-electron chi connectivity index (χ2n) is 6.16. The standard InChI is InChI=1S/C17H19N5O3/c1-3-17(20-21-18)14(12-7-5-4-6-8-12)11(2)15(25-17)22-10-9-13(23)19-16(22)24/h4-11,14-15H,3H2,1-2H3,(H,19,23,24)/t11-,14+,15+,17+/m0/s1. The van der Waals surface area contributed by atoms with Crippen molar-refractivity contribution in [2.75, 3.05) is 0 Å². The maximum atomic E-state index is 12.2. The van der Waals surface area contributed by atoms with E-state index in [1.165, 1.54) is 16.8 Å². The highest BCUT2D eigenvalue weighted by atomic mass is 16.5. The lowest BCUT2D eigenvalue weighted by atomic mass is 9.80. The number of azide groups is 1. The summed E-state index contributed by atoms with van der Waals surface area (Å²) in [5.41, 5.74) is 7.94. The molecule has 1 fully saturated rings. The van der Waals surface area contributed by atoms with Crippen LogP contribution in [0.15, 0.2) is 57.3 Å². The van der Waals surface area contributed by atoms with E-state index in [2.05, 4.69) is 15.0 Å². The first kappa shape index (κ1) is 17.0. The third-order valence-electron chi connectivity index (χ3n) is 4.79. The minimum atomic E-state index is -1.10. The summed E-state index contributed by atoms with van der Waals surface area (Å²) in [5, 5.41) is 3.98.